The van der Waals surface area contributed by atoms with Crippen molar-refractivity contribution in [1.82, 2.24) is 0 Å². The van der Waals surface area contributed by atoms with Gasteiger partial charge in [-0.15, -0.1) is 0 Å². The van der Waals surface area contributed by atoms with Gasteiger partial charge in [0, 0.05) is 12.0 Å². The highest BCUT2D eigenvalue weighted by atomic mass is 16.5. The molecule has 1 aliphatic heterocycles. The summed E-state index contributed by atoms with van der Waals surface area (Å²) in [6, 6.07) is 6.17. The van der Waals surface area contributed by atoms with Gasteiger partial charge in [0.15, 0.2) is 0 Å². The minimum absolute atomic E-state index is 0.170. The van der Waals surface area contributed by atoms with Gasteiger partial charge < -0.3 is 15.2 Å². The monoisotopic (exact) mass is 221 g/mol. The maximum absolute atomic E-state index is 5.91. The van der Waals surface area contributed by atoms with Crippen LogP contribution in [0.25, 0.3) is 0 Å². The maximum Gasteiger partial charge on any atom is 0.122 e. The van der Waals surface area contributed by atoms with Crippen LogP contribution < -0.4 is 15.2 Å². The Balaban J connectivity index is 2.18. The Hall–Kier alpha value is -1.22. The molecule has 2 atom stereocenters. The molecule has 1 heterocycles. The fraction of sp³-hybridized carbons (Fsp3) is 0.538. The highest BCUT2D eigenvalue weighted by Gasteiger charge is 2.22. The molecule has 3 nitrogen and oxygen atoms in total. The first-order valence-corrected chi connectivity index (χ1v) is 5.84. The molecule has 16 heavy (non-hydrogen) atoms. The van der Waals surface area contributed by atoms with Gasteiger partial charge in [0.2, 0.25) is 0 Å². The molecule has 1 aromatic carbocycles. The van der Waals surface area contributed by atoms with Crippen molar-refractivity contribution in [3.63, 3.8) is 0 Å². The van der Waals surface area contributed by atoms with E-state index in [9.17, 15) is 0 Å². The predicted molar refractivity (Wildman–Crippen MR) is 63.9 cm³/mol. The summed E-state index contributed by atoms with van der Waals surface area (Å²) in [5.74, 6) is 2.29. The Bertz CT molecular complexity index is 363. The zero-order valence-electron chi connectivity index (χ0n) is 9.90. The van der Waals surface area contributed by atoms with Crippen LogP contribution in [-0.4, -0.2) is 19.3 Å². The van der Waals surface area contributed by atoms with Crippen LogP contribution in [0.5, 0.6) is 11.5 Å². The highest BCUT2D eigenvalue weighted by Crippen LogP contribution is 2.31. The Labute approximate surface area is 96.5 Å². The smallest absolute Gasteiger partial charge is 0.122 e. The van der Waals surface area contributed by atoms with Crippen molar-refractivity contribution in [3.05, 3.63) is 23.8 Å². The minimum Gasteiger partial charge on any atom is -0.494 e. The summed E-state index contributed by atoms with van der Waals surface area (Å²) in [6.07, 6.45) is 0.980. The van der Waals surface area contributed by atoms with Crippen LogP contribution in [0.3, 0.4) is 0 Å². The van der Waals surface area contributed by atoms with Gasteiger partial charge >= 0.3 is 0 Å². The molecule has 0 aliphatic carbocycles. The lowest BCUT2D eigenvalue weighted by molar-refractivity contribution is 0.203. The third-order valence-electron chi connectivity index (χ3n) is 3.02. The van der Waals surface area contributed by atoms with E-state index < -0.39 is 0 Å². The fourth-order valence-corrected chi connectivity index (χ4v) is 1.99. The fourth-order valence-electron chi connectivity index (χ4n) is 1.99. The summed E-state index contributed by atoms with van der Waals surface area (Å²) in [5.41, 5.74) is 7.12. The predicted octanol–water partition coefficient (Wildman–Crippen LogP) is 1.98. The third-order valence-corrected chi connectivity index (χ3v) is 3.02. The highest BCUT2D eigenvalue weighted by molar-refractivity contribution is 5.41. The van der Waals surface area contributed by atoms with Gasteiger partial charge in [0.05, 0.1) is 13.2 Å². The minimum atomic E-state index is 0.170. The van der Waals surface area contributed by atoms with Gasteiger partial charge in [-0.2, -0.15) is 0 Å². The molecule has 1 aliphatic rings. The van der Waals surface area contributed by atoms with Gasteiger partial charge in [-0.3, -0.25) is 0 Å². The third kappa shape index (κ3) is 2.30. The van der Waals surface area contributed by atoms with Crippen molar-refractivity contribution < 1.29 is 9.47 Å². The van der Waals surface area contributed by atoms with Gasteiger partial charge in [-0.05, 0) is 44.0 Å². The second kappa shape index (κ2) is 4.74. The summed E-state index contributed by atoms with van der Waals surface area (Å²) < 4.78 is 11.2. The van der Waals surface area contributed by atoms with Crippen LogP contribution in [0.2, 0.25) is 0 Å². The first kappa shape index (κ1) is 11.3. The molecule has 0 saturated carbocycles. The van der Waals surface area contributed by atoms with Crippen LogP contribution in [0, 0.1) is 5.92 Å². The molecular formula is C13H19NO2. The Morgan fingerprint density at radius 1 is 1.56 bits per heavy atom. The molecule has 0 amide bonds. The SMILES string of the molecule is CCOc1ccc2c(c1)CC([C@@H](C)N)CO2. The number of hydrogen-bond donors (Lipinski definition) is 1. The standard InChI is InChI=1S/C13H19NO2/c1-3-15-12-4-5-13-10(7-12)6-11(8-16-13)9(2)14/h4-5,7,9,11H,3,6,8,14H2,1-2H3/t9-,11?/m1/s1. The molecule has 0 radical (unpaired) electrons. The van der Waals surface area contributed by atoms with Crippen molar-refractivity contribution in [3.8, 4) is 11.5 Å². The Kier molecular flexibility index (Phi) is 3.34. The molecule has 0 fully saturated rings. The molecule has 2 rings (SSSR count). The lowest BCUT2D eigenvalue weighted by Gasteiger charge is -2.28. The average Bonchev–Trinajstić information content (AvgIpc) is 2.28. The zero-order valence-corrected chi connectivity index (χ0v) is 9.90. The number of hydrogen-bond acceptors (Lipinski definition) is 3. The normalized spacial score (nSPS) is 20.8. The van der Waals surface area contributed by atoms with Gasteiger partial charge in [0.25, 0.3) is 0 Å². The van der Waals surface area contributed by atoms with Crippen molar-refractivity contribution in [1.29, 1.82) is 0 Å². The number of nitrogens with two attached hydrogens (primary N) is 1. The molecule has 1 aromatic rings. The first-order valence-electron chi connectivity index (χ1n) is 5.84. The average molecular weight is 221 g/mol. The molecule has 0 saturated heterocycles. The molecule has 0 spiro atoms. The topological polar surface area (TPSA) is 44.5 Å². The summed E-state index contributed by atoms with van der Waals surface area (Å²) in [6.45, 7) is 5.43. The summed E-state index contributed by atoms with van der Waals surface area (Å²) in [7, 11) is 0. The van der Waals surface area contributed by atoms with Gasteiger partial charge in [0.1, 0.15) is 11.5 Å². The maximum atomic E-state index is 5.91. The van der Waals surface area contributed by atoms with E-state index in [-0.39, 0.29) is 6.04 Å². The van der Waals surface area contributed by atoms with Crippen LogP contribution in [0.15, 0.2) is 18.2 Å². The van der Waals surface area contributed by atoms with Crippen molar-refractivity contribution in [2.45, 2.75) is 26.3 Å². The van der Waals surface area contributed by atoms with E-state index in [1.807, 2.05) is 26.0 Å². The van der Waals surface area contributed by atoms with Crippen molar-refractivity contribution >= 4 is 0 Å². The van der Waals surface area contributed by atoms with Crippen LogP contribution in [0.4, 0.5) is 0 Å². The zero-order chi connectivity index (χ0) is 11.5. The largest absolute Gasteiger partial charge is 0.494 e. The van der Waals surface area contributed by atoms with E-state index in [1.165, 1.54) is 5.56 Å². The lowest BCUT2D eigenvalue weighted by atomic mass is 9.92. The Morgan fingerprint density at radius 3 is 3.06 bits per heavy atom. The van der Waals surface area contributed by atoms with Crippen LogP contribution >= 0.6 is 0 Å². The van der Waals surface area contributed by atoms with Crippen molar-refractivity contribution in [2.24, 2.45) is 11.7 Å². The molecule has 3 heteroatoms. The molecule has 0 aromatic heterocycles. The van der Waals surface area contributed by atoms with E-state index in [1.54, 1.807) is 0 Å². The quantitative estimate of drug-likeness (QED) is 0.849. The molecule has 88 valence electrons. The summed E-state index contributed by atoms with van der Waals surface area (Å²) in [4.78, 5) is 0. The summed E-state index contributed by atoms with van der Waals surface area (Å²) >= 11 is 0. The van der Waals surface area contributed by atoms with E-state index in [0.717, 1.165) is 24.5 Å². The molecular weight excluding hydrogens is 202 g/mol. The van der Waals surface area contributed by atoms with E-state index >= 15 is 0 Å². The number of ether oxygens (including phenoxy) is 2. The van der Waals surface area contributed by atoms with E-state index in [4.69, 9.17) is 15.2 Å². The lowest BCUT2D eigenvalue weighted by Crippen LogP contribution is -2.35. The van der Waals surface area contributed by atoms with E-state index in [2.05, 4.69) is 6.07 Å². The van der Waals surface area contributed by atoms with Gasteiger partial charge in [-0.25, -0.2) is 0 Å². The molecule has 0 bridgehead atoms. The van der Waals surface area contributed by atoms with E-state index in [0.29, 0.717) is 12.5 Å². The van der Waals surface area contributed by atoms with Crippen molar-refractivity contribution in [2.75, 3.05) is 13.2 Å². The number of rotatable bonds is 3. The number of benzene rings is 1. The Morgan fingerprint density at radius 2 is 2.38 bits per heavy atom. The molecule has 1 unspecified atom stereocenters. The van der Waals surface area contributed by atoms with Crippen LogP contribution in [-0.2, 0) is 6.42 Å². The summed E-state index contributed by atoms with van der Waals surface area (Å²) in [5, 5.41) is 0. The van der Waals surface area contributed by atoms with Gasteiger partial charge in [-0.1, -0.05) is 0 Å². The second-order valence-electron chi connectivity index (χ2n) is 4.34. The molecule has 2 N–H and O–H groups in total. The number of fused-ring (bicyclic) bond motifs is 1. The first-order chi connectivity index (χ1) is 7.70. The van der Waals surface area contributed by atoms with Crippen LogP contribution in [0.1, 0.15) is 19.4 Å². The second-order valence-corrected chi connectivity index (χ2v) is 4.34.